The lowest BCUT2D eigenvalue weighted by Gasteiger charge is -2.13. The highest BCUT2D eigenvalue weighted by atomic mass is 16.2. The Kier molecular flexibility index (Phi) is 4.98. The molecule has 5 heteroatoms. The van der Waals surface area contributed by atoms with Crippen LogP contribution < -0.4 is 10.6 Å². The van der Waals surface area contributed by atoms with Crippen molar-refractivity contribution in [1.29, 1.82) is 0 Å². The molecule has 0 radical (unpaired) electrons. The summed E-state index contributed by atoms with van der Waals surface area (Å²) in [7, 11) is 0. The van der Waals surface area contributed by atoms with Crippen LogP contribution in [-0.2, 0) is 16.0 Å². The summed E-state index contributed by atoms with van der Waals surface area (Å²) >= 11 is 0. The zero-order chi connectivity index (χ0) is 15.2. The molecule has 0 aliphatic heterocycles. The number of para-hydroxylation sites is 1. The van der Waals surface area contributed by atoms with Crippen molar-refractivity contribution in [2.75, 3.05) is 6.54 Å². The number of carbonyl (C=O) groups is 2. The van der Waals surface area contributed by atoms with Gasteiger partial charge in [0.25, 0.3) is 0 Å². The van der Waals surface area contributed by atoms with E-state index in [4.69, 9.17) is 0 Å². The second-order valence-corrected chi connectivity index (χ2v) is 5.12. The van der Waals surface area contributed by atoms with Crippen molar-refractivity contribution in [3.05, 3.63) is 36.0 Å². The molecule has 3 N–H and O–H groups in total. The standard InChI is InChI=1S/C16H21N3O2/c1-3-8-17-16(21)11(2)19-15(20)9-12-10-18-14-7-5-4-6-13(12)14/h4-7,10-11,18H,3,8-9H2,1-2H3,(H,17,21)(H,19,20). The molecule has 0 saturated heterocycles. The largest absolute Gasteiger partial charge is 0.361 e. The van der Waals surface area contributed by atoms with Crippen LogP contribution >= 0.6 is 0 Å². The molecule has 0 aliphatic rings. The number of benzene rings is 1. The van der Waals surface area contributed by atoms with E-state index in [0.29, 0.717) is 6.54 Å². The number of aromatic amines is 1. The number of hydrogen-bond donors (Lipinski definition) is 3. The molecule has 2 rings (SSSR count). The maximum atomic E-state index is 12.0. The molecule has 2 amide bonds. The zero-order valence-electron chi connectivity index (χ0n) is 12.4. The highest BCUT2D eigenvalue weighted by molar-refractivity contribution is 5.91. The lowest BCUT2D eigenvalue weighted by molar-refractivity contribution is -0.128. The van der Waals surface area contributed by atoms with Crippen molar-refractivity contribution in [2.24, 2.45) is 0 Å². The van der Waals surface area contributed by atoms with Gasteiger partial charge in [0.15, 0.2) is 0 Å². The second-order valence-electron chi connectivity index (χ2n) is 5.12. The summed E-state index contributed by atoms with van der Waals surface area (Å²) in [4.78, 5) is 26.9. The summed E-state index contributed by atoms with van der Waals surface area (Å²) < 4.78 is 0. The van der Waals surface area contributed by atoms with Gasteiger partial charge in [-0.05, 0) is 25.0 Å². The molecule has 1 heterocycles. The van der Waals surface area contributed by atoms with Gasteiger partial charge in [0, 0.05) is 23.6 Å². The predicted molar refractivity (Wildman–Crippen MR) is 82.9 cm³/mol. The number of fused-ring (bicyclic) bond motifs is 1. The van der Waals surface area contributed by atoms with E-state index in [1.54, 1.807) is 6.92 Å². The molecule has 0 spiro atoms. The normalized spacial score (nSPS) is 12.1. The Hall–Kier alpha value is -2.30. The Morgan fingerprint density at radius 3 is 2.81 bits per heavy atom. The average molecular weight is 287 g/mol. The van der Waals surface area contributed by atoms with Crippen LogP contribution in [0.5, 0.6) is 0 Å². The van der Waals surface area contributed by atoms with Gasteiger partial charge in [-0.1, -0.05) is 25.1 Å². The fourth-order valence-corrected chi connectivity index (χ4v) is 2.21. The van der Waals surface area contributed by atoms with Crippen molar-refractivity contribution < 1.29 is 9.59 Å². The molecule has 1 atom stereocenters. The van der Waals surface area contributed by atoms with Gasteiger partial charge in [-0.15, -0.1) is 0 Å². The molecule has 0 saturated carbocycles. The molecule has 1 aromatic carbocycles. The molecule has 1 aromatic heterocycles. The molecule has 0 bridgehead atoms. The van der Waals surface area contributed by atoms with Crippen LogP contribution in [0.3, 0.4) is 0 Å². The van der Waals surface area contributed by atoms with Crippen LogP contribution in [-0.4, -0.2) is 29.4 Å². The van der Waals surface area contributed by atoms with E-state index in [-0.39, 0.29) is 18.2 Å². The van der Waals surface area contributed by atoms with Crippen LogP contribution in [0.25, 0.3) is 10.9 Å². The SMILES string of the molecule is CCCNC(=O)C(C)NC(=O)Cc1c[nH]c2ccccc12. The van der Waals surface area contributed by atoms with E-state index >= 15 is 0 Å². The van der Waals surface area contributed by atoms with Gasteiger partial charge in [0.05, 0.1) is 6.42 Å². The molecule has 0 aliphatic carbocycles. The second kappa shape index (κ2) is 6.92. The minimum absolute atomic E-state index is 0.149. The van der Waals surface area contributed by atoms with Crippen LogP contribution in [0, 0.1) is 0 Å². The van der Waals surface area contributed by atoms with Gasteiger partial charge in [-0.25, -0.2) is 0 Å². The van der Waals surface area contributed by atoms with Crippen LogP contribution in [0.15, 0.2) is 30.5 Å². The fraction of sp³-hybridized carbons (Fsp3) is 0.375. The zero-order valence-corrected chi connectivity index (χ0v) is 12.4. The molecule has 1 unspecified atom stereocenters. The first-order valence-electron chi connectivity index (χ1n) is 7.24. The maximum Gasteiger partial charge on any atom is 0.242 e. The van der Waals surface area contributed by atoms with Gasteiger partial charge in [0.1, 0.15) is 6.04 Å². The van der Waals surface area contributed by atoms with Gasteiger partial charge >= 0.3 is 0 Å². The molecular formula is C16H21N3O2. The predicted octanol–water partition coefficient (Wildman–Crippen LogP) is 1.74. The van der Waals surface area contributed by atoms with E-state index in [9.17, 15) is 9.59 Å². The summed E-state index contributed by atoms with van der Waals surface area (Å²) in [5.74, 6) is -0.303. The third-order valence-corrected chi connectivity index (χ3v) is 3.35. The smallest absolute Gasteiger partial charge is 0.242 e. The first-order chi connectivity index (χ1) is 10.1. The molecular weight excluding hydrogens is 266 g/mol. The van der Waals surface area contributed by atoms with Crippen molar-refractivity contribution >= 4 is 22.7 Å². The minimum atomic E-state index is -0.519. The highest BCUT2D eigenvalue weighted by Crippen LogP contribution is 2.17. The van der Waals surface area contributed by atoms with E-state index in [1.807, 2.05) is 37.4 Å². The average Bonchev–Trinajstić information content (AvgIpc) is 2.88. The number of rotatable bonds is 6. The Labute approximate surface area is 124 Å². The Morgan fingerprint density at radius 2 is 2.05 bits per heavy atom. The molecule has 21 heavy (non-hydrogen) atoms. The minimum Gasteiger partial charge on any atom is -0.361 e. The van der Waals surface area contributed by atoms with Gasteiger partial charge in [0.2, 0.25) is 11.8 Å². The summed E-state index contributed by atoms with van der Waals surface area (Å²) in [6.07, 6.45) is 2.98. The molecule has 112 valence electrons. The van der Waals surface area contributed by atoms with E-state index in [2.05, 4.69) is 15.6 Å². The van der Waals surface area contributed by atoms with Crippen LogP contribution in [0.4, 0.5) is 0 Å². The monoisotopic (exact) mass is 287 g/mol. The number of aromatic nitrogens is 1. The first kappa shape index (κ1) is 15.1. The topological polar surface area (TPSA) is 74.0 Å². The number of hydrogen-bond acceptors (Lipinski definition) is 2. The third-order valence-electron chi connectivity index (χ3n) is 3.35. The Morgan fingerprint density at radius 1 is 1.29 bits per heavy atom. The molecule has 2 aromatic rings. The number of H-pyrrole nitrogens is 1. The van der Waals surface area contributed by atoms with E-state index in [1.165, 1.54) is 0 Å². The number of nitrogens with one attached hydrogen (secondary N) is 3. The third kappa shape index (κ3) is 3.84. The lowest BCUT2D eigenvalue weighted by atomic mass is 10.1. The van der Waals surface area contributed by atoms with Crippen molar-refractivity contribution in [1.82, 2.24) is 15.6 Å². The number of carbonyl (C=O) groups excluding carboxylic acids is 2. The van der Waals surface area contributed by atoms with Gasteiger partial charge in [-0.2, -0.15) is 0 Å². The van der Waals surface area contributed by atoms with Crippen LogP contribution in [0.2, 0.25) is 0 Å². The summed E-state index contributed by atoms with van der Waals surface area (Å²) in [6, 6.07) is 7.32. The lowest BCUT2D eigenvalue weighted by Crippen LogP contribution is -2.45. The Bertz CT molecular complexity index is 633. The fourth-order valence-electron chi connectivity index (χ4n) is 2.21. The quantitative estimate of drug-likeness (QED) is 0.757. The first-order valence-corrected chi connectivity index (χ1v) is 7.24. The molecule has 5 nitrogen and oxygen atoms in total. The summed E-state index contributed by atoms with van der Waals surface area (Å²) in [6.45, 7) is 4.31. The summed E-state index contributed by atoms with van der Waals surface area (Å²) in [5, 5.41) is 6.53. The summed E-state index contributed by atoms with van der Waals surface area (Å²) in [5.41, 5.74) is 1.94. The van der Waals surface area contributed by atoms with Crippen molar-refractivity contribution in [3.8, 4) is 0 Å². The van der Waals surface area contributed by atoms with E-state index in [0.717, 1.165) is 22.9 Å². The highest BCUT2D eigenvalue weighted by Gasteiger charge is 2.16. The van der Waals surface area contributed by atoms with Gasteiger partial charge in [-0.3, -0.25) is 9.59 Å². The Balaban J connectivity index is 1.94. The maximum absolute atomic E-state index is 12.0. The van der Waals surface area contributed by atoms with Crippen LogP contribution in [0.1, 0.15) is 25.8 Å². The van der Waals surface area contributed by atoms with Gasteiger partial charge < -0.3 is 15.6 Å². The number of amides is 2. The van der Waals surface area contributed by atoms with Crippen molar-refractivity contribution in [3.63, 3.8) is 0 Å². The molecule has 0 fully saturated rings. The van der Waals surface area contributed by atoms with E-state index < -0.39 is 6.04 Å². The van der Waals surface area contributed by atoms with Crippen molar-refractivity contribution in [2.45, 2.75) is 32.7 Å².